The number of aliphatic hydroxyl groups is 4. The molecule has 0 amide bonds. The van der Waals surface area contributed by atoms with Crippen molar-refractivity contribution in [3.63, 3.8) is 0 Å². The van der Waals surface area contributed by atoms with Crippen molar-refractivity contribution < 1.29 is 49.0 Å². The topological polar surface area (TPSA) is 152 Å². The van der Waals surface area contributed by atoms with Crippen LogP contribution >= 0.6 is 0 Å². The van der Waals surface area contributed by atoms with Gasteiger partial charge in [0.1, 0.15) is 31.0 Å². The fraction of sp³-hybridized carbons (Fsp3) is 0.956. The second-order valence-corrected chi connectivity index (χ2v) is 16.2. The molecule has 1 saturated heterocycles. The quantitative estimate of drug-likeness (QED) is 0.0350. The Bertz CT molecular complexity index is 871. The fourth-order valence-electron chi connectivity index (χ4n) is 7.31. The monoisotopic (exact) mass is 787 g/mol. The Balaban J connectivity index is 2.29. The summed E-state index contributed by atoms with van der Waals surface area (Å²) in [5.74, 6) is -0.791. The van der Waals surface area contributed by atoms with Gasteiger partial charge in [0.2, 0.25) is 0 Å². The first-order chi connectivity index (χ1) is 26.8. The van der Waals surface area contributed by atoms with Gasteiger partial charge in [-0.25, -0.2) is 0 Å². The van der Waals surface area contributed by atoms with Crippen LogP contribution in [0.3, 0.4) is 0 Å². The highest BCUT2D eigenvalue weighted by Crippen LogP contribution is 2.23. The van der Waals surface area contributed by atoms with Crippen molar-refractivity contribution in [2.75, 3.05) is 19.8 Å². The van der Waals surface area contributed by atoms with E-state index in [9.17, 15) is 30.0 Å². The molecule has 0 aliphatic carbocycles. The Morgan fingerprint density at radius 2 is 0.855 bits per heavy atom. The molecule has 0 radical (unpaired) electrons. The van der Waals surface area contributed by atoms with Crippen LogP contribution in [0.1, 0.15) is 219 Å². The molecular formula is C45H86O10. The Morgan fingerprint density at radius 3 is 1.24 bits per heavy atom. The largest absolute Gasteiger partial charge is 0.462 e. The van der Waals surface area contributed by atoms with E-state index in [4.69, 9.17) is 18.9 Å². The minimum Gasteiger partial charge on any atom is -0.462 e. The van der Waals surface area contributed by atoms with E-state index in [1.165, 1.54) is 148 Å². The highest BCUT2D eigenvalue weighted by Gasteiger charge is 2.44. The molecule has 10 nitrogen and oxygen atoms in total. The second-order valence-electron chi connectivity index (χ2n) is 16.2. The van der Waals surface area contributed by atoms with Crippen LogP contribution in [0, 0.1) is 0 Å². The Hall–Kier alpha value is -1.30. The number of ether oxygens (including phenoxy) is 4. The number of aliphatic hydroxyl groups excluding tert-OH is 4. The van der Waals surface area contributed by atoms with Crippen LogP contribution < -0.4 is 0 Å². The van der Waals surface area contributed by atoms with Crippen molar-refractivity contribution in [1.82, 2.24) is 0 Å². The van der Waals surface area contributed by atoms with Gasteiger partial charge >= 0.3 is 11.9 Å². The van der Waals surface area contributed by atoms with Crippen LogP contribution in [0.5, 0.6) is 0 Å². The average Bonchev–Trinajstić information content (AvgIpc) is 3.18. The van der Waals surface area contributed by atoms with Gasteiger partial charge < -0.3 is 39.4 Å². The highest BCUT2D eigenvalue weighted by molar-refractivity contribution is 5.70. The molecule has 6 unspecified atom stereocenters. The summed E-state index contributed by atoms with van der Waals surface area (Å²) in [7, 11) is 0. The van der Waals surface area contributed by atoms with Crippen molar-refractivity contribution >= 4 is 11.9 Å². The van der Waals surface area contributed by atoms with Crippen LogP contribution in [-0.4, -0.2) is 89.0 Å². The lowest BCUT2D eigenvalue weighted by atomic mass is 9.99. The normalized spacial score (nSPS) is 20.4. The van der Waals surface area contributed by atoms with E-state index in [-0.39, 0.29) is 32.0 Å². The number of hydrogen-bond acceptors (Lipinski definition) is 10. The van der Waals surface area contributed by atoms with Gasteiger partial charge in [0.15, 0.2) is 12.4 Å². The molecule has 1 aliphatic rings. The molecule has 1 rings (SSSR count). The van der Waals surface area contributed by atoms with E-state index in [0.29, 0.717) is 6.42 Å². The third kappa shape index (κ3) is 28.7. The molecule has 4 N–H and O–H groups in total. The Morgan fingerprint density at radius 1 is 0.491 bits per heavy atom. The molecule has 0 aromatic heterocycles. The molecule has 0 bridgehead atoms. The van der Waals surface area contributed by atoms with E-state index in [2.05, 4.69) is 13.8 Å². The van der Waals surface area contributed by atoms with Crippen LogP contribution in [-0.2, 0) is 28.5 Å². The molecule has 0 aromatic carbocycles. The smallest absolute Gasteiger partial charge is 0.306 e. The molecule has 0 spiro atoms. The van der Waals surface area contributed by atoms with Gasteiger partial charge in [-0.15, -0.1) is 0 Å². The number of carbonyl (C=O) groups is 2. The average molecular weight is 787 g/mol. The summed E-state index contributed by atoms with van der Waals surface area (Å²) in [6.45, 7) is 3.45. The van der Waals surface area contributed by atoms with Gasteiger partial charge in [-0.2, -0.15) is 0 Å². The molecule has 55 heavy (non-hydrogen) atoms. The lowest BCUT2D eigenvalue weighted by molar-refractivity contribution is -0.305. The molecular weight excluding hydrogens is 700 g/mol. The van der Waals surface area contributed by atoms with Crippen molar-refractivity contribution in [3.8, 4) is 0 Å². The number of carbonyl (C=O) groups excluding carboxylic acids is 2. The van der Waals surface area contributed by atoms with Crippen molar-refractivity contribution in [3.05, 3.63) is 0 Å². The lowest BCUT2D eigenvalue weighted by Crippen LogP contribution is -2.59. The first kappa shape index (κ1) is 51.7. The summed E-state index contributed by atoms with van der Waals surface area (Å²) in [5.41, 5.74) is 0. The third-order valence-corrected chi connectivity index (χ3v) is 11.0. The number of unbranched alkanes of at least 4 members (excludes halogenated alkanes) is 28. The summed E-state index contributed by atoms with van der Waals surface area (Å²) >= 11 is 0. The van der Waals surface area contributed by atoms with Crippen molar-refractivity contribution in [1.29, 1.82) is 0 Å². The maximum absolute atomic E-state index is 12.8. The highest BCUT2D eigenvalue weighted by atomic mass is 16.7. The first-order valence-electron chi connectivity index (χ1n) is 23.1. The Kier molecular flexibility index (Phi) is 34.8. The van der Waals surface area contributed by atoms with E-state index in [1.807, 2.05) is 0 Å². The summed E-state index contributed by atoms with van der Waals surface area (Å²) in [5, 5.41) is 40.1. The van der Waals surface area contributed by atoms with Gasteiger partial charge in [-0.1, -0.05) is 194 Å². The maximum Gasteiger partial charge on any atom is 0.306 e. The minimum absolute atomic E-state index is 0.209. The molecule has 1 heterocycles. The molecule has 1 aliphatic heterocycles. The van der Waals surface area contributed by atoms with Gasteiger partial charge in [-0.3, -0.25) is 9.59 Å². The van der Waals surface area contributed by atoms with Crippen molar-refractivity contribution in [2.45, 2.75) is 256 Å². The third-order valence-electron chi connectivity index (χ3n) is 11.0. The summed E-state index contributed by atoms with van der Waals surface area (Å²) < 4.78 is 22.2. The molecule has 0 aromatic rings. The molecule has 6 atom stereocenters. The zero-order chi connectivity index (χ0) is 40.2. The SMILES string of the molecule is CCCCCCCCCCCCCCCCCCCCC(=O)OC(COC(=O)CCCCCCCCCCCCCC)COC1OC(CO)C(O)C(O)C1O. The zero-order valence-electron chi connectivity index (χ0n) is 35.5. The van der Waals surface area contributed by atoms with Crippen LogP contribution in [0.2, 0.25) is 0 Å². The number of rotatable bonds is 39. The van der Waals surface area contributed by atoms with E-state index < -0.39 is 49.4 Å². The number of esters is 2. The lowest BCUT2D eigenvalue weighted by Gasteiger charge is -2.39. The minimum atomic E-state index is -1.59. The van der Waals surface area contributed by atoms with Crippen molar-refractivity contribution in [2.24, 2.45) is 0 Å². The molecule has 326 valence electrons. The molecule has 0 saturated carbocycles. The van der Waals surface area contributed by atoms with E-state index in [0.717, 1.165) is 38.5 Å². The predicted octanol–water partition coefficient (Wildman–Crippen LogP) is 9.78. The van der Waals surface area contributed by atoms with Gasteiger partial charge in [0.05, 0.1) is 13.2 Å². The Labute approximate surface area is 336 Å². The standard InChI is InChI=1S/C45H86O10/c1-3-5-7-9-11-13-15-17-18-19-20-21-22-24-26-28-30-32-34-41(48)54-38(37-53-45-44(51)43(50)42(49)39(35-46)55-45)36-52-40(47)33-31-29-27-25-23-16-14-12-10-8-6-4-2/h38-39,42-46,49-51H,3-37H2,1-2H3. The molecule has 1 fully saturated rings. The van der Waals surface area contributed by atoms with Crippen LogP contribution in [0.15, 0.2) is 0 Å². The van der Waals surface area contributed by atoms with E-state index in [1.54, 1.807) is 0 Å². The second kappa shape index (κ2) is 37.0. The summed E-state index contributed by atoms with van der Waals surface area (Å²) in [4.78, 5) is 25.3. The first-order valence-corrected chi connectivity index (χ1v) is 23.1. The summed E-state index contributed by atoms with van der Waals surface area (Å²) in [6.07, 6.45) is 29.7. The zero-order valence-corrected chi connectivity index (χ0v) is 35.5. The predicted molar refractivity (Wildman–Crippen MR) is 220 cm³/mol. The number of hydrogen-bond donors (Lipinski definition) is 4. The van der Waals surface area contributed by atoms with Gasteiger partial charge in [-0.05, 0) is 12.8 Å². The van der Waals surface area contributed by atoms with Crippen LogP contribution in [0.25, 0.3) is 0 Å². The van der Waals surface area contributed by atoms with Gasteiger partial charge in [0.25, 0.3) is 0 Å². The van der Waals surface area contributed by atoms with E-state index >= 15 is 0 Å². The molecule has 10 heteroatoms. The van der Waals surface area contributed by atoms with Crippen LogP contribution in [0.4, 0.5) is 0 Å². The summed E-state index contributed by atoms with van der Waals surface area (Å²) in [6, 6.07) is 0. The fourth-order valence-corrected chi connectivity index (χ4v) is 7.31. The van der Waals surface area contributed by atoms with Gasteiger partial charge in [0, 0.05) is 12.8 Å². The maximum atomic E-state index is 12.8.